The zero-order valence-electron chi connectivity index (χ0n) is 11.6. The van der Waals surface area contributed by atoms with Gasteiger partial charge in [-0.1, -0.05) is 25.1 Å². The number of fused-ring (bicyclic) bond motifs is 1. The minimum atomic E-state index is -0.808. The number of pyridine rings is 1. The summed E-state index contributed by atoms with van der Waals surface area (Å²) in [5, 5.41) is 0. The number of aromatic nitrogens is 1. The number of hydrazine groups is 1. The SMILES string of the molecule is CC1Cc2ccccc2N(c2nc(NN)c(F)cc2F)C1. The van der Waals surface area contributed by atoms with Gasteiger partial charge in [-0.3, -0.25) is 0 Å². The van der Waals surface area contributed by atoms with Crippen LogP contribution < -0.4 is 16.2 Å². The van der Waals surface area contributed by atoms with E-state index in [4.69, 9.17) is 5.84 Å². The lowest BCUT2D eigenvalue weighted by atomic mass is 9.94. The number of nitrogens with two attached hydrogens (primary N) is 1. The predicted octanol–water partition coefficient (Wildman–Crippen LogP) is 2.98. The monoisotopic (exact) mass is 290 g/mol. The van der Waals surface area contributed by atoms with Gasteiger partial charge >= 0.3 is 0 Å². The molecule has 2 aromatic rings. The van der Waals surface area contributed by atoms with Crippen molar-refractivity contribution >= 4 is 17.3 Å². The molecule has 1 aromatic carbocycles. The van der Waals surface area contributed by atoms with Crippen LogP contribution in [0.4, 0.5) is 26.1 Å². The highest BCUT2D eigenvalue weighted by Gasteiger charge is 2.26. The summed E-state index contributed by atoms with van der Waals surface area (Å²) in [4.78, 5) is 5.76. The Morgan fingerprint density at radius 2 is 2.05 bits per heavy atom. The third-order valence-corrected chi connectivity index (χ3v) is 3.65. The van der Waals surface area contributed by atoms with Gasteiger partial charge in [0, 0.05) is 18.3 Å². The molecule has 1 atom stereocenters. The fourth-order valence-electron chi connectivity index (χ4n) is 2.74. The van der Waals surface area contributed by atoms with Gasteiger partial charge in [0.1, 0.15) is 0 Å². The molecule has 4 nitrogen and oxygen atoms in total. The van der Waals surface area contributed by atoms with Crippen molar-refractivity contribution in [1.29, 1.82) is 0 Å². The maximum atomic E-state index is 14.2. The number of para-hydroxylation sites is 1. The van der Waals surface area contributed by atoms with Crippen molar-refractivity contribution in [2.45, 2.75) is 13.3 Å². The van der Waals surface area contributed by atoms with Crippen molar-refractivity contribution in [1.82, 2.24) is 4.98 Å². The highest BCUT2D eigenvalue weighted by atomic mass is 19.1. The van der Waals surface area contributed by atoms with E-state index >= 15 is 0 Å². The first-order chi connectivity index (χ1) is 10.1. The van der Waals surface area contributed by atoms with E-state index in [0.29, 0.717) is 12.5 Å². The van der Waals surface area contributed by atoms with E-state index in [2.05, 4.69) is 17.3 Å². The van der Waals surface area contributed by atoms with Crippen LogP contribution >= 0.6 is 0 Å². The lowest BCUT2D eigenvalue weighted by molar-refractivity contribution is 0.539. The first kappa shape index (κ1) is 13.8. The molecule has 0 fully saturated rings. The van der Waals surface area contributed by atoms with Crippen molar-refractivity contribution in [3.63, 3.8) is 0 Å². The summed E-state index contributed by atoms with van der Waals surface area (Å²) in [6, 6.07) is 8.59. The van der Waals surface area contributed by atoms with E-state index in [9.17, 15) is 8.78 Å². The number of hydrogen-bond acceptors (Lipinski definition) is 4. The molecule has 0 amide bonds. The number of nitrogens with one attached hydrogen (secondary N) is 1. The topological polar surface area (TPSA) is 54.2 Å². The smallest absolute Gasteiger partial charge is 0.178 e. The molecule has 2 heterocycles. The number of nitrogens with zero attached hydrogens (tertiary/aromatic N) is 2. The van der Waals surface area contributed by atoms with E-state index in [0.717, 1.165) is 23.7 Å². The Hall–Kier alpha value is -2.21. The second-order valence-electron chi connectivity index (χ2n) is 5.32. The van der Waals surface area contributed by atoms with Crippen molar-refractivity contribution in [3.8, 4) is 0 Å². The molecule has 0 aliphatic carbocycles. The normalized spacial score (nSPS) is 17.5. The summed E-state index contributed by atoms with van der Waals surface area (Å²) in [6.45, 7) is 2.71. The standard InChI is InChI=1S/C15H16F2N4/c1-9-6-10-4-2-3-5-13(10)21(8-9)15-12(17)7-11(16)14(19-15)20-18/h2-5,7,9H,6,8,18H2,1H3,(H,19,20). The lowest BCUT2D eigenvalue weighted by Gasteiger charge is -2.34. The van der Waals surface area contributed by atoms with Crippen LogP contribution in [0.15, 0.2) is 30.3 Å². The van der Waals surface area contributed by atoms with Crippen LogP contribution in [0.2, 0.25) is 0 Å². The third-order valence-electron chi connectivity index (χ3n) is 3.65. The molecule has 0 bridgehead atoms. The predicted molar refractivity (Wildman–Crippen MR) is 78.3 cm³/mol. The quantitative estimate of drug-likeness (QED) is 0.659. The maximum Gasteiger partial charge on any atom is 0.178 e. The van der Waals surface area contributed by atoms with Crippen molar-refractivity contribution in [2.75, 3.05) is 16.9 Å². The fourth-order valence-corrected chi connectivity index (χ4v) is 2.74. The molecule has 110 valence electrons. The summed E-state index contributed by atoms with van der Waals surface area (Å²) in [5.74, 6) is 3.99. The molecule has 1 unspecified atom stereocenters. The summed E-state index contributed by atoms with van der Waals surface area (Å²) in [5.41, 5.74) is 4.19. The first-order valence-corrected chi connectivity index (χ1v) is 6.78. The molecule has 3 N–H and O–H groups in total. The molecule has 1 aliphatic heterocycles. The fraction of sp³-hybridized carbons (Fsp3) is 0.267. The zero-order chi connectivity index (χ0) is 15.0. The van der Waals surface area contributed by atoms with Gasteiger partial charge in [0.25, 0.3) is 0 Å². The second-order valence-corrected chi connectivity index (χ2v) is 5.32. The molecule has 3 rings (SSSR count). The van der Waals surface area contributed by atoms with E-state index in [-0.39, 0.29) is 11.6 Å². The lowest BCUT2D eigenvalue weighted by Crippen LogP contribution is -2.32. The summed E-state index contributed by atoms with van der Waals surface area (Å²) in [7, 11) is 0. The van der Waals surface area contributed by atoms with E-state index in [1.54, 1.807) is 4.90 Å². The van der Waals surface area contributed by atoms with Crippen molar-refractivity contribution in [2.24, 2.45) is 11.8 Å². The van der Waals surface area contributed by atoms with Crippen LogP contribution in [-0.4, -0.2) is 11.5 Å². The van der Waals surface area contributed by atoms with Gasteiger partial charge in [-0.15, -0.1) is 0 Å². The van der Waals surface area contributed by atoms with Gasteiger partial charge in [-0.25, -0.2) is 19.6 Å². The highest BCUT2D eigenvalue weighted by molar-refractivity contribution is 5.67. The van der Waals surface area contributed by atoms with Crippen LogP contribution in [0.3, 0.4) is 0 Å². The molecule has 21 heavy (non-hydrogen) atoms. The van der Waals surface area contributed by atoms with Gasteiger partial charge in [-0.05, 0) is 24.0 Å². The molecule has 0 saturated heterocycles. The maximum absolute atomic E-state index is 14.2. The molecule has 0 spiro atoms. The Morgan fingerprint density at radius 1 is 1.29 bits per heavy atom. The van der Waals surface area contributed by atoms with Crippen LogP contribution in [0, 0.1) is 17.6 Å². The molecule has 0 radical (unpaired) electrons. The average Bonchev–Trinajstić information content (AvgIpc) is 2.46. The molecular formula is C15H16F2N4. The first-order valence-electron chi connectivity index (χ1n) is 6.78. The van der Waals surface area contributed by atoms with Crippen LogP contribution in [0.5, 0.6) is 0 Å². The molecule has 0 saturated carbocycles. The molecule has 6 heteroatoms. The minimum absolute atomic E-state index is 0.0864. The Labute approximate surface area is 121 Å². The van der Waals surface area contributed by atoms with Gasteiger partial charge in [0.2, 0.25) is 0 Å². The number of hydrogen-bond donors (Lipinski definition) is 2. The largest absolute Gasteiger partial charge is 0.323 e. The number of halogens is 2. The Kier molecular flexibility index (Phi) is 3.47. The van der Waals surface area contributed by atoms with Gasteiger partial charge in [-0.2, -0.15) is 0 Å². The van der Waals surface area contributed by atoms with Crippen molar-refractivity contribution < 1.29 is 8.78 Å². The van der Waals surface area contributed by atoms with Crippen molar-refractivity contribution in [3.05, 3.63) is 47.5 Å². The molecular weight excluding hydrogens is 274 g/mol. The minimum Gasteiger partial charge on any atom is -0.323 e. The highest BCUT2D eigenvalue weighted by Crippen LogP contribution is 2.36. The van der Waals surface area contributed by atoms with Gasteiger partial charge in [0.15, 0.2) is 23.3 Å². The Bertz CT molecular complexity index is 675. The van der Waals surface area contributed by atoms with Crippen LogP contribution in [-0.2, 0) is 6.42 Å². The number of benzene rings is 1. The zero-order valence-corrected chi connectivity index (χ0v) is 11.6. The van der Waals surface area contributed by atoms with E-state index < -0.39 is 11.6 Å². The van der Waals surface area contributed by atoms with Gasteiger partial charge < -0.3 is 10.3 Å². The van der Waals surface area contributed by atoms with Crippen LogP contribution in [0.1, 0.15) is 12.5 Å². The molecule has 1 aliphatic rings. The number of rotatable bonds is 2. The Balaban J connectivity index is 2.12. The number of nitrogen functional groups attached to an aromatic ring is 1. The second kappa shape index (κ2) is 5.29. The summed E-state index contributed by atoms with van der Waals surface area (Å²) < 4.78 is 27.7. The number of anilines is 3. The summed E-state index contributed by atoms with van der Waals surface area (Å²) >= 11 is 0. The third kappa shape index (κ3) is 2.42. The van der Waals surface area contributed by atoms with E-state index in [1.165, 1.54) is 0 Å². The average molecular weight is 290 g/mol. The Morgan fingerprint density at radius 3 is 2.81 bits per heavy atom. The van der Waals surface area contributed by atoms with Crippen LogP contribution in [0.25, 0.3) is 0 Å². The molecule has 1 aromatic heterocycles. The van der Waals surface area contributed by atoms with E-state index in [1.807, 2.05) is 24.3 Å². The summed E-state index contributed by atoms with van der Waals surface area (Å²) in [6.07, 6.45) is 0.928. The van der Waals surface area contributed by atoms with Gasteiger partial charge in [0.05, 0.1) is 0 Å².